The number of nitro benzene ring substituents is 2. The highest BCUT2D eigenvalue weighted by Gasteiger charge is 2.44. The van der Waals surface area contributed by atoms with E-state index in [1.165, 1.54) is 36.4 Å². The first kappa shape index (κ1) is 22.2. The van der Waals surface area contributed by atoms with E-state index in [4.69, 9.17) is 18.9 Å². The van der Waals surface area contributed by atoms with Crippen LogP contribution in [-0.4, -0.2) is 57.7 Å². The lowest BCUT2D eigenvalue weighted by Crippen LogP contribution is -2.46. The first-order chi connectivity index (χ1) is 15.4. The molecule has 0 amide bonds. The molecule has 0 bridgehead atoms. The molecule has 2 aliphatic heterocycles. The van der Waals surface area contributed by atoms with E-state index in [0.29, 0.717) is 0 Å². The Bertz CT molecular complexity index is 922. The predicted octanol–water partition coefficient (Wildman–Crippen LogP) is 1.75. The lowest BCUT2D eigenvalue weighted by molar-refractivity contribution is -0.387. The van der Waals surface area contributed by atoms with Gasteiger partial charge in [-0.15, -0.1) is 0 Å². The van der Waals surface area contributed by atoms with Crippen LogP contribution in [0.4, 0.5) is 11.4 Å². The third kappa shape index (κ3) is 4.32. The predicted molar refractivity (Wildman–Crippen MR) is 105 cm³/mol. The van der Waals surface area contributed by atoms with Crippen molar-refractivity contribution in [3.63, 3.8) is 0 Å². The largest absolute Gasteiger partial charge is 0.387 e. The molecule has 2 fully saturated rings. The minimum absolute atomic E-state index is 0.115. The zero-order valence-electron chi connectivity index (χ0n) is 16.6. The molecule has 0 aromatic heterocycles. The van der Waals surface area contributed by atoms with Crippen LogP contribution in [0, 0.1) is 20.2 Å². The number of aliphatic hydroxyl groups excluding tert-OH is 2. The molecule has 6 unspecified atom stereocenters. The number of nitro groups is 2. The quantitative estimate of drug-likeness (QED) is 0.471. The summed E-state index contributed by atoms with van der Waals surface area (Å²) in [5, 5.41) is 43.6. The van der Waals surface area contributed by atoms with Crippen molar-refractivity contribution in [3.8, 4) is 0 Å². The number of ether oxygens (including phenoxy) is 4. The second kappa shape index (κ2) is 9.24. The van der Waals surface area contributed by atoms with Gasteiger partial charge in [0.1, 0.15) is 24.4 Å². The number of hydrogen-bond acceptors (Lipinski definition) is 10. The van der Waals surface area contributed by atoms with Crippen LogP contribution in [0.25, 0.3) is 0 Å². The minimum atomic E-state index is -1.46. The molecule has 12 nitrogen and oxygen atoms in total. The Morgan fingerprint density at radius 1 is 0.750 bits per heavy atom. The Kier molecular flexibility index (Phi) is 6.41. The fourth-order valence-electron chi connectivity index (χ4n) is 3.67. The van der Waals surface area contributed by atoms with Crippen LogP contribution in [0.5, 0.6) is 0 Å². The molecule has 2 heterocycles. The number of aliphatic hydroxyl groups is 2. The van der Waals surface area contributed by atoms with Crippen LogP contribution in [-0.2, 0) is 18.9 Å². The monoisotopic (exact) mass is 448 g/mol. The highest BCUT2D eigenvalue weighted by molar-refractivity contribution is 5.41. The molecule has 0 aliphatic carbocycles. The number of nitrogens with zero attached hydrogens (tertiary/aromatic N) is 2. The first-order valence-electron chi connectivity index (χ1n) is 9.73. The summed E-state index contributed by atoms with van der Waals surface area (Å²) >= 11 is 0. The average molecular weight is 448 g/mol. The van der Waals surface area contributed by atoms with Crippen molar-refractivity contribution in [1.29, 1.82) is 0 Å². The summed E-state index contributed by atoms with van der Waals surface area (Å²) in [4.78, 5) is 21.3. The van der Waals surface area contributed by atoms with Crippen LogP contribution in [0.1, 0.15) is 23.7 Å². The van der Waals surface area contributed by atoms with Gasteiger partial charge < -0.3 is 29.2 Å². The van der Waals surface area contributed by atoms with Gasteiger partial charge in [-0.05, 0) is 12.1 Å². The van der Waals surface area contributed by atoms with E-state index in [2.05, 4.69) is 0 Å². The van der Waals surface area contributed by atoms with Gasteiger partial charge >= 0.3 is 0 Å². The molecule has 4 rings (SSSR count). The zero-order valence-corrected chi connectivity index (χ0v) is 16.6. The summed E-state index contributed by atoms with van der Waals surface area (Å²) < 4.78 is 22.2. The fourth-order valence-corrected chi connectivity index (χ4v) is 3.67. The molecule has 2 aromatic rings. The molecule has 2 aromatic carbocycles. The van der Waals surface area contributed by atoms with Gasteiger partial charge in [0, 0.05) is 12.1 Å². The molecule has 0 radical (unpaired) electrons. The van der Waals surface area contributed by atoms with Crippen molar-refractivity contribution in [2.75, 3.05) is 13.2 Å². The molecular formula is C20H20N2O10. The Balaban J connectivity index is 1.41. The molecule has 0 saturated carbocycles. The maximum Gasteiger partial charge on any atom is 0.277 e. The first-order valence-corrected chi connectivity index (χ1v) is 9.73. The third-order valence-electron chi connectivity index (χ3n) is 5.31. The maximum atomic E-state index is 11.2. The highest BCUT2D eigenvalue weighted by Crippen LogP contribution is 2.37. The van der Waals surface area contributed by atoms with Gasteiger partial charge in [0.15, 0.2) is 12.6 Å². The van der Waals surface area contributed by atoms with E-state index in [-0.39, 0.29) is 35.7 Å². The van der Waals surface area contributed by atoms with Crippen molar-refractivity contribution in [1.82, 2.24) is 0 Å². The molecule has 0 spiro atoms. The smallest absolute Gasteiger partial charge is 0.277 e. The number of benzene rings is 2. The van der Waals surface area contributed by atoms with E-state index in [0.717, 1.165) is 0 Å². The number of hydrogen-bond donors (Lipinski definition) is 2. The molecule has 2 saturated heterocycles. The van der Waals surface area contributed by atoms with Gasteiger partial charge in [-0.25, -0.2) is 0 Å². The highest BCUT2D eigenvalue weighted by atomic mass is 16.7. The Labute approximate surface area is 181 Å². The average Bonchev–Trinajstić information content (AvgIpc) is 3.48. The minimum Gasteiger partial charge on any atom is -0.387 e. The van der Waals surface area contributed by atoms with Gasteiger partial charge in [-0.1, -0.05) is 24.3 Å². The van der Waals surface area contributed by atoms with Gasteiger partial charge in [-0.3, -0.25) is 20.2 Å². The van der Waals surface area contributed by atoms with Crippen LogP contribution in [0.15, 0.2) is 48.5 Å². The molecule has 2 N–H and O–H groups in total. The number of rotatable bonds is 7. The van der Waals surface area contributed by atoms with Crippen molar-refractivity contribution in [2.24, 2.45) is 0 Å². The SMILES string of the molecule is O=[N+]([O-])c1ccccc1C1OCC(C(O)C(O)C2COC(c3ccccc3[N+](=O)[O-])O2)O1. The molecular weight excluding hydrogens is 428 g/mol. The summed E-state index contributed by atoms with van der Waals surface area (Å²) in [5.74, 6) is 0. The topological polar surface area (TPSA) is 164 Å². The van der Waals surface area contributed by atoms with Crippen LogP contribution in [0.2, 0.25) is 0 Å². The Morgan fingerprint density at radius 2 is 1.12 bits per heavy atom. The normalized spacial score (nSPS) is 27.2. The van der Waals surface area contributed by atoms with E-state index >= 15 is 0 Å². The van der Waals surface area contributed by atoms with Crippen molar-refractivity contribution in [2.45, 2.75) is 37.0 Å². The lowest BCUT2D eigenvalue weighted by Gasteiger charge is -2.25. The fraction of sp³-hybridized carbons (Fsp3) is 0.400. The number of para-hydroxylation sites is 2. The van der Waals surface area contributed by atoms with Crippen molar-refractivity contribution in [3.05, 3.63) is 79.9 Å². The van der Waals surface area contributed by atoms with Gasteiger partial charge in [0.25, 0.3) is 11.4 Å². The molecule has 2 aliphatic rings. The maximum absolute atomic E-state index is 11.2. The molecule has 6 atom stereocenters. The van der Waals surface area contributed by atoms with Gasteiger partial charge in [0.2, 0.25) is 0 Å². The van der Waals surface area contributed by atoms with Crippen LogP contribution >= 0.6 is 0 Å². The van der Waals surface area contributed by atoms with E-state index in [9.17, 15) is 30.4 Å². The van der Waals surface area contributed by atoms with E-state index in [1.54, 1.807) is 12.1 Å². The summed E-state index contributed by atoms with van der Waals surface area (Å²) in [7, 11) is 0. The summed E-state index contributed by atoms with van der Waals surface area (Å²) in [6.07, 6.45) is -7.04. The van der Waals surface area contributed by atoms with Crippen molar-refractivity contribution >= 4 is 11.4 Å². The Morgan fingerprint density at radius 3 is 1.50 bits per heavy atom. The third-order valence-corrected chi connectivity index (χ3v) is 5.31. The van der Waals surface area contributed by atoms with Crippen LogP contribution < -0.4 is 0 Å². The van der Waals surface area contributed by atoms with Crippen molar-refractivity contribution < 1.29 is 39.0 Å². The second-order valence-electron chi connectivity index (χ2n) is 7.29. The lowest BCUT2D eigenvalue weighted by atomic mass is 10.0. The molecule has 12 heteroatoms. The summed E-state index contributed by atoms with van der Waals surface area (Å²) in [6.45, 7) is -0.230. The van der Waals surface area contributed by atoms with E-state index < -0.39 is 46.8 Å². The standard InChI is InChI=1S/C20H20N2O10/c23-17(15-9-29-19(31-15)11-5-1-3-7-13(11)21(25)26)18(24)16-10-30-20(32-16)12-6-2-4-8-14(12)22(27)28/h1-8,15-20,23-24H,9-10H2. The summed E-state index contributed by atoms with van der Waals surface area (Å²) in [5.41, 5.74) is 0.0122. The van der Waals surface area contributed by atoms with Gasteiger partial charge in [0.05, 0.1) is 34.2 Å². The van der Waals surface area contributed by atoms with Crippen LogP contribution in [0.3, 0.4) is 0 Å². The molecule has 32 heavy (non-hydrogen) atoms. The van der Waals surface area contributed by atoms with E-state index in [1.807, 2.05) is 0 Å². The van der Waals surface area contributed by atoms with Gasteiger partial charge in [-0.2, -0.15) is 0 Å². The zero-order chi connectivity index (χ0) is 22.8. The second-order valence-corrected chi connectivity index (χ2v) is 7.29. The Hall–Kier alpha value is -3.00. The summed E-state index contributed by atoms with van der Waals surface area (Å²) in [6, 6.07) is 11.8. The molecule has 170 valence electrons.